The number of carbonyl (C=O) groups is 1. The standard InChI is InChI=1S/C20H32N4O4S.HI/c1-3-28-20(25)24-13-10-18(11-14-24)23-19(21-2)22-12-7-15-29(26,27)16-17-8-5-4-6-9-17;/h4-6,8-9,18H,3,7,10-16H2,1-2H3,(H2,21,22,23);1H. The van der Waals surface area contributed by atoms with Crippen LogP contribution in [0, 0.1) is 0 Å². The Morgan fingerprint density at radius 1 is 1.23 bits per heavy atom. The molecule has 0 radical (unpaired) electrons. The van der Waals surface area contributed by atoms with E-state index < -0.39 is 9.84 Å². The maximum Gasteiger partial charge on any atom is 0.409 e. The first-order valence-electron chi connectivity index (χ1n) is 10.1. The van der Waals surface area contributed by atoms with E-state index >= 15 is 0 Å². The number of sulfone groups is 1. The van der Waals surface area contributed by atoms with Crippen LogP contribution in [0.15, 0.2) is 35.3 Å². The molecule has 1 saturated heterocycles. The molecule has 0 saturated carbocycles. The number of rotatable bonds is 8. The van der Waals surface area contributed by atoms with Crippen LogP contribution in [0.1, 0.15) is 31.7 Å². The highest BCUT2D eigenvalue weighted by Gasteiger charge is 2.24. The third kappa shape index (κ3) is 9.50. The van der Waals surface area contributed by atoms with E-state index in [9.17, 15) is 13.2 Å². The van der Waals surface area contributed by atoms with Crippen molar-refractivity contribution in [3.8, 4) is 0 Å². The second-order valence-electron chi connectivity index (χ2n) is 7.03. The second kappa shape index (κ2) is 13.7. The lowest BCUT2D eigenvalue weighted by atomic mass is 10.1. The summed E-state index contributed by atoms with van der Waals surface area (Å²) >= 11 is 0. The lowest BCUT2D eigenvalue weighted by Crippen LogP contribution is -2.50. The lowest BCUT2D eigenvalue weighted by Gasteiger charge is -2.32. The molecule has 170 valence electrons. The molecule has 0 unspecified atom stereocenters. The number of nitrogens with one attached hydrogen (secondary N) is 2. The lowest BCUT2D eigenvalue weighted by molar-refractivity contribution is 0.0963. The SMILES string of the molecule is CCOC(=O)N1CCC(NC(=NC)NCCCS(=O)(=O)Cc2ccccc2)CC1.I. The number of carbonyl (C=O) groups excluding carboxylic acids is 1. The van der Waals surface area contributed by atoms with Gasteiger partial charge in [-0.15, -0.1) is 24.0 Å². The summed E-state index contributed by atoms with van der Waals surface area (Å²) in [6.07, 6.45) is 1.87. The maximum absolute atomic E-state index is 12.2. The molecule has 10 heteroatoms. The highest BCUT2D eigenvalue weighted by molar-refractivity contribution is 14.0. The molecule has 0 atom stereocenters. The van der Waals surface area contributed by atoms with E-state index in [2.05, 4.69) is 15.6 Å². The Morgan fingerprint density at radius 2 is 1.90 bits per heavy atom. The van der Waals surface area contributed by atoms with Gasteiger partial charge in [-0.25, -0.2) is 13.2 Å². The number of guanidine groups is 1. The molecule has 1 aliphatic rings. The summed E-state index contributed by atoms with van der Waals surface area (Å²) in [6.45, 7) is 4.00. The third-order valence-corrected chi connectivity index (χ3v) is 6.42. The average Bonchev–Trinajstić information content (AvgIpc) is 2.71. The monoisotopic (exact) mass is 552 g/mol. The van der Waals surface area contributed by atoms with Crippen molar-refractivity contribution < 1.29 is 17.9 Å². The Hall–Kier alpha value is -1.56. The number of ether oxygens (including phenoxy) is 1. The van der Waals surface area contributed by atoms with Crippen LogP contribution in [-0.4, -0.2) is 70.5 Å². The maximum atomic E-state index is 12.2. The number of hydrogen-bond acceptors (Lipinski definition) is 5. The van der Waals surface area contributed by atoms with E-state index in [0.29, 0.717) is 38.6 Å². The normalized spacial score (nSPS) is 15.3. The Bertz CT molecular complexity index is 766. The van der Waals surface area contributed by atoms with Crippen LogP contribution in [0.3, 0.4) is 0 Å². The smallest absolute Gasteiger partial charge is 0.409 e. The summed E-state index contributed by atoms with van der Waals surface area (Å²) in [6, 6.07) is 9.44. The van der Waals surface area contributed by atoms with E-state index in [-0.39, 0.29) is 47.6 Å². The summed E-state index contributed by atoms with van der Waals surface area (Å²) in [4.78, 5) is 17.7. The predicted octanol–water partition coefficient (Wildman–Crippen LogP) is 2.40. The predicted molar refractivity (Wildman–Crippen MR) is 130 cm³/mol. The van der Waals surface area contributed by atoms with Crippen molar-refractivity contribution in [2.75, 3.05) is 39.0 Å². The summed E-state index contributed by atoms with van der Waals surface area (Å²) in [5, 5.41) is 6.52. The van der Waals surface area contributed by atoms with E-state index in [0.717, 1.165) is 18.4 Å². The number of halogens is 1. The van der Waals surface area contributed by atoms with Crippen LogP contribution in [0.25, 0.3) is 0 Å². The molecule has 0 aliphatic carbocycles. The number of amides is 1. The average molecular weight is 552 g/mol. The summed E-state index contributed by atoms with van der Waals surface area (Å²) in [5.41, 5.74) is 0.812. The molecule has 1 aromatic carbocycles. The molecule has 0 aromatic heterocycles. The fourth-order valence-electron chi connectivity index (χ4n) is 3.21. The van der Waals surface area contributed by atoms with Crippen molar-refractivity contribution in [2.45, 2.75) is 38.0 Å². The first kappa shape index (κ1) is 26.5. The van der Waals surface area contributed by atoms with Crippen molar-refractivity contribution in [2.24, 2.45) is 4.99 Å². The van der Waals surface area contributed by atoms with Crippen LogP contribution in [0.5, 0.6) is 0 Å². The molecule has 2 rings (SSSR count). The highest BCUT2D eigenvalue weighted by Crippen LogP contribution is 2.11. The number of aliphatic imine (C=N–C) groups is 1. The topological polar surface area (TPSA) is 100 Å². The van der Waals surface area contributed by atoms with Gasteiger partial charge in [-0.05, 0) is 31.7 Å². The van der Waals surface area contributed by atoms with Crippen LogP contribution >= 0.6 is 24.0 Å². The van der Waals surface area contributed by atoms with Crippen molar-refractivity contribution in [3.63, 3.8) is 0 Å². The zero-order valence-electron chi connectivity index (χ0n) is 17.7. The number of hydrogen-bond donors (Lipinski definition) is 2. The van der Waals surface area contributed by atoms with Gasteiger partial charge in [0.25, 0.3) is 0 Å². The van der Waals surface area contributed by atoms with E-state index in [4.69, 9.17) is 4.74 Å². The van der Waals surface area contributed by atoms with Crippen LogP contribution in [0.2, 0.25) is 0 Å². The Morgan fingerprint density at radius 3 is 2.50 bits per heavy atom. The van der Waals surface area contributed by atoms with Crippen LogP contribution in [0.4, 0.5) is 4.79 Å². The molecule has 0 spiro atoms. The van der Waals surface area contributed by atoms with E-state index in [1.54, 1.807) is 18.9 Å². The first-order chi connectivity index (χ1) is 13.9. The zero-order valence-corrected chi connectivity index (χ0v) is 20.8. The van der Waals surface area contributed by atoms with Gasteiger partial charge in [0.15, 0.2) is 15.8 Å². The van der Waals surface area contributed by atoms with Gasteiger partial charge in [-0.1, -0.05) is 30.3 Å². The molecule has 1 heterocycles. The van der Waals surface area contributed by atoms with Gasteiger partial charge in [0.1, 0.15) is 0 Å². The van der Waals surface area contributed by atoms with Gasteiger partial charge in [0.2, 0.25) is 0 Å². The minimum Gasteiger partial charge on any atom is -0.450 e. The van der Waals surface area contributed by atoms with Gasteiger partial charge in [0, 0.05) is 32.7 Å². The molecule has 0 bridgehead atoms. The minimum atomic E-state index is -3.14. The Labute approximate surface area is 196 Å². The number of likely N-dealkylation sites (tertiary alicyclic amines) is 1. The molecule has 1 amide bonds. The first-order valence-corrected chi connectivity index (χ1v) is 11.9. The third-order valence-electron chi connectivity index (χ3n) is 4.74. The van der Waals surface area contributed by atoms with E-state index in [1.165, 1.54) is 0 Å². The van der Waals surface area contributed by atoms with Crippen LogP contribution < -0.4 is 10.6 Å². The molecule has 1 fully saturated rings. The van der Waals surface area contributed by atoms with Gasteiger partial charge >= 0.3 is 6.09 Å². The summed E-state index contributed by atoms with van der Waals surface area (Å²) in [5.74, 6) is 0.851. The number of nitrogens with zero attached hydrogens (tertiary/aromatic N) is 2. The van der Waals surface area contributed by atoms with Crippen molar-refractivity contribution in [1.82, 2.24) is 15.5 Å². The molecule has 1 aliphatic heterocycles. The van der Waals surface area contributed by atoms with Gasteiger partial charge < -0.3 is 20.3 Å². The van der Waals surface area contributed by atoms with Crippen LogP contribution in [-0.2, 0) is 20.3 Å². The summed E-state index contributed by atoms with van der Waals surface area (Å²) in [7, 11) is -1.45. The Kier molecular flexibility index (Phi) is 12.1. The van der Waals surface area contributed by atoms with Gasteiger partial charge in [-0.2, -0.15) is 0 Å². The molecule has 2 N–H and O–H groups in total. The van der Waals surface area contributed by atoms with Crippen molar-refractivity contribution in [3.05, 3.63) is 35.9 Å². The van der Waals surface area contributed by atoms with Crippen molar-refractivity contribution in [1.29, 1.82) is 0 Å². The molecule has 8 nitrogen and oxygen atoms in total. The fraction of sp³-hybridized carbons (Fsp3) is 0.600. The van der Waals surface area contributed by atoms with Crippen molar-refractivity contribution >= 4 is 45.9 Å². The van der Waals surface area contributed by atoms with E-state index in [1.807, 2.05) is 30.3 Å². The minimum absolute atomic E-state index is 0. The van der Waals surface area contributed by atoms with Gasteiger partial charge in [0.05, 0.1) is 18.1 Å². The molecular weight excluding hydrogens is 519 g/mol. The molecular formula is C20H33IN4O4S. The number of piperidine rings is 1. The number of benzene rings is 1. The summed E-state index contributed by atoms with van der Waals surface area (Å²) < 4.78 is 29.5. The molecule has 1 aromatic rings. The molecule has 30 heavy (non-hydrogen) atoms. The fourth-order valence-corrected chi connectivity index (χ4v) is 4.64. The second-order valence-corrected chi connectivity index (χ2v) is 9.22. The quantitative estimate of drug-likeness (QED) is 0.223. The van der Waals surface area contributed by atoms with Gasteiger partial charge in [-0.3, -0.25) is 4.99 Å². The largest absolute Gasteiger partial charge is 0.450 e. The Balaban J connectivity index is 0.00000450. The highest BCUT2D eigenvalue weighted by atomic mass is 127. The zero-order chi connectivity index (χ0) is 21.1.